The number of fused-ring (bicyclic) bond motifs is 7. The predicted octanol–water partition coefficient (Wildman–Crippen LogP) is 6.74. The number of carbonyl (C=O) groups excluding carboxylic acids is 3. The Balaban J connectivity index is 1.63. The molecule has 0 heterocycles. The molecule has 0 saturated heterocycles. The maximum absolute atomic E-state index is 14.2. The first-order valence-electron chi connectivity index (χ1n) is 13.4. The quantitative estimate of drug-likeness (QED) is 0.414. The number of allylic oxidation sites excluding steroid dienone is 2. The molecule has 0 bridgehead atoms. The molecule has 0 aromatic carbocycles. The van der Waals surface area contributed by atoms with E-state index in [2.05, 4.69) is 54.5 Å². The van der Waals surface area contributed by atoms with E-state index in [1.165, 1.54) is 18.3 Å². The summed E-state index contributed by atoms with van der Waals surface area (Å²) in [5, 5.41) is 0. The van der Waals surface area contributed by atoms with Crippen LogP contribution in [0.4, 0.5) is 0 Å². The highest BCUT2D eigenvalue weighted by Gasteiger charge is 2.70. The first-order chi connectivity index (χ1) is 15.2. The second kappa shape index (κ2) is 6.70. The Labute approximate surface area is 200 Å². The zero-order chi connectivity index (χ0) is 24.2. The van der Waals surface area contributed by atoms with Gasteiger partial charge in [0.1, 0.15) is 12.1 Å². The number of rotatable bonds is 1. The second-order valence-electron chi connectivity index (χ2n) is 14.6. The molecule has 4 fully saturated rings. The summed E-state index contributed by atoms with van der Waals surface area (Å²) in [6.07, 6.45) is 12.0. The van der Waals surface area contributed by atoms with E-state index in [-0.39, 0.29) is 44.3 Å². The minimum atomic E-state index is -0.347. The van der Waals surface area contributed by atoms with Crippen LogP contribution in [0.5, 0.6) is 0 Å². The van der Waals surface area contributed by atoms with Crippen molar-refractivity contribution >= 4 is 17.9 Å². The van der Waals surface area contributed by atoms with Gasteiger partial charge in [0.15, 0.2) is 5.78 Å². The van der Waals surface area contributed by atoms with E-state index in [4.69, 9.17) is 0 Å². The molecule has 8 atom stereocenters. The number of hydrogen-bond donors (Lipinski definition) is 0. The van der Waals surface area contributed by atoms with Gasteiger partial charge in [-0.2, -0.15) is 0 Å². The van der Waals surface area contributed by atoms with Crippen LogP contribution in [0.15, 0.2) is 11.6 Å². The molecule has 5 aliphatic rings. The van der Waals surface area contributed by atoms with Crippen molar-refractivity contribution in [2.75, 3.05) is 0 Å². The molecule has 0 amide bonds. The third-order valence-corrected chi connectivity index (χ3v) is 12.6. The van der Waals surface area contributed by atoms with Gasteiger partial charge in [0.2, 0.25) is 0 Å². The lowest BCUT2D eigenvalue weighted by molar-refractivity contribution is -0.187. The van der Waals surface area contributed by atoms with Crippen molar-refractivity contribution in [3.63, 3.8) is 0 Å². The highest BCUT2D eigenvalue weighted by Crippen LogP contribution is 2.74. The first kappa shape index (κ1) is 23.5. The van der Waals surface area contributed by atoms with Crippen molar-refractivity contribution in [1.29, 1.82) is 0 Å². The summed E-state index contributed by atoms with van der Waals surface area (Å²) >= 11 is 0. The maximum Gasteiger partial charge on any atom is 0.159 e. The van der Waals surface area contributed by atoms with Crippen molar-refractivity contribution in [2.24, 2.45) is 50.2 Å². The lowest BCUT2D eigenvalue weighted by Crippen LogP contribution is -2.66. The topological polar surface area (TPSA) is 51.2 Å². The molecular weight excluding hydrogens is 408 g/mol. The SMILES string of the molecule is CC1(C)C(=O)CC[C@]2(C)[C@H]3C(=O)C=C4[C@@H]5C[C@@](C)(C=O)CC[C@]5(C)CC[C@@]4(C)[C@]3(C)CC[C@@H]12. The Hall–Kier alpha value is -1.25. The van der Waals surface area contributed by atoms with Crippen LogP contribution in [0.25, 0.3) is 0 Å². The predicted molar refractivity (Wildman–Crippen MR) is 131 cm³/mol. The first-order valence-corrected chi connectivity index (χ1v) is 13.4. The Morgan fingerprint density at radius 3 is 2.21 bits per heavy atom. The van der Waals surface area contributed by atoms with Gasteiger partial charge in [-0.3, -0.25) is 9.59 Å². The highest BCUT2D eigenvalue weighted by molar-refractivity contribution is 5.96. The van der Waals surface area contributed by atoms with Gasteiger partial charge in [0.25, 0.3) is 0 Å². The summed E-state index contributed by atoms with van der Waals surface area (Å²) < 4.78 is 0. The number of Topliss-reactive ketones (excluding diaryl/α,β-unsaturated/α-hetero) is 1. The van der Waals surface area contributed by atoms with Crippen molar-refractivity contribution in [2.45, 2.75) is 106 Å². The van der Waals surface area contributed by atoms with Crippen molar-refractivity contribution < 1.29 is 14.4 Å². The number of aldehydes is 1. The fourth-order valence-electron chi connectivity index (χ4n) is 10.1. The minimum absolute atomic E-state index is 0.0174. The summed E-state index contributed by atoms with van der Waals surface area (Å²) in [5.74, 6) is 1.26. The number of carbonyl (C=O) groups is 3. The van der Waals surface area contributed by atoms with Crippen LogP contribution in [-0.4, -0.2) is 17.9 Å². The Bertz CT molecular complexity index is 960. The van der Waals surface area contributed by atoms with Crippen LogP contribution in [0, 0.1) is 50.2 Å². The minimum Gasteiger partial charge on any atom is -0.303 e. The van der Waals surface area contributed by atoms with Gasteiger partial charge in [0.05, 0.1) is 0 Å². The Morgan fingerprint density at radius 2 is 1.55 bits per heavy atom. The smallest absolute Gasteiger partial charge is 0.159 e. The Kier molecular flexibility index (Phi) is 4.77. The van der Waals surface area contributed by atoms with E-state index in [1.807, 2.05) is 0 Å². The van der Waals surface area contributed by atoms with Crippen LogP contribution in [0.2, 0.25) is 0 Å². The molecule has 33 heavy (non-hydrogen) atoms. The maximum atomic E-state index is 14.2. The number of ketones is 2. The zero-order valence-electron chi connectivity index (χ0n) is 22.0. The van der Waals surface area contributed by atoms with Crippen molar-refractivity contribution in [3.05, 3.63) is 11.6 Å². The highest BCUT2D eigenvalue weighted by atomic mass is 16.1. The molecule has 0 radical (unpaired) electrons. The van der Waals surface area contributed by atoms with Gasteiger partial charge in [-0.05, 0) is 90.9 Å². The molecule has 182 valence electrons. The average molecular weight is 453 g/mol. The van der Waals surface area contributed by atoms with Crippen molar-refractivity contribution in [3.8, 4) is 0 Å². The monoisotopic (exact) mass is 452 g/mol. The summed E-state index contributed by atoms with van der Waals surface area (Å²) in [6, 6.07) is 0. The zero-order valence-corrected chi connectivity index (χ0v) is 22.0. The van der Waals surface area contributed by atoms with E-state index in [1.54, 1.807) is 0 Å². The molecule has 0 aromatic heterocycles. The summed E-state index contributed by atoms with van der Waals surface area (Å²) in [5.41, 5.74) is 0.694. The van der Waals surface area contributed by atoms with Gasteiger partial charge in [-0.25, -0.2) is 0 Å². The van der Waals surface area contributed by atoms with Crippen LogP contribution in [-0.2, 0) is 14.4 Å². The molecule has 0 aliphatic heterocycles. The van der Waals surface area contributed by atoms with Crippen LogP contribution < -0.4 is 0 Å². The normalized spacial score (nSPS) is 53.2. The molecule has 5 rings (SSSR count). The molecule has 0 spiro atoms. The summed E-state index contributed by atoms with van der Waals surface area (Å²) in [6.45, 7) is 16.0. The summed E-state index contributed by atoms with van der Waals surface area (Å²) in [7, 11) is 0. The lowest BCUT2D eigenvalue weighted by atomic mass is 9.33. The molecular formula is C30H44O3. The average Bonchev–Trinajstić information content (AvgIpc) is 2.74. The van der Waals surface area contributed by atoms with E-state index in [0.717, 1.165) is 44.9 Å². The molecule has 0 N–H and O–H groups in total. The van der Waals surface area contributed by atoms with E-state index in [0.29, 0.717) is 23.9 Å². The standard InChI is InChI=1S/C30H44O3/c1-25(2)22-8-11-30(7)24(28(22,5)10-9-23(25)33)21(32)16-19-20-17-26(3,18-31)12-13-27(20,4)14-15-29(19,30)6/h16,18,20,22,24H,8-15,17H2,1-7H3/t20-,22-,24+,26-,27+,28-,29+,30+/m0/s1. The van der Waals surface area contributed by atoms with Crippen LogP contribution >= 0.6 is 0 Å². The number of hydrogen-bond acceptors (Lipinski definition) is 3. The van der Waals surface area contributed by atoms with Gasteiger partial charge >= 0.3 is 0 Å². The fourth-order valence-corrected chi connectivity index (χ4v) is 10.1. The lowest BCUT2D eigenvalue weighted by Gasteiger charge is -2.69. The van der Waals surface area contributed by atoms with Gasteiger partial charge < -0.3 is 4.79 Å². The van der Waals surface area contributed by atoms with Crippen LogP contribution in [0.3, 0.4) is 0 Å². The largest absolute Gasteiger partial charge is 0.303 e. The molecule has 5 aliphatic carbocycles. The Morgan fingerprint density at radius 1 is 0.879 bits per heavy atom. The van der Waals surface area contributed by atoms with Crippen molar-refractivity contribution in [1.82, 2.24) is 0 Å². The van der Waals surface area contributed by atoms with E-state index >= 15 is 0 Å². The van der Waals surface area contributed by atoms with E-state index < -0.39 is 0 Å². The fraction of sp³-hybridized carbons (Fsp3) is 0.833. The summed E-state index contributed by atoms with van der Waals surface area (Å²) in [4.78, 5) is 39.1. The van der Waals surface area contributed by atoms with E-state index in [9.17, 15) is 14.4 Å². The third-order valence-electron chi connectivity index (χ3n) is 12.6. The molecule has 0 aromatic rings. The molecule has 3 nitrogen and oxygen atoms in total. The van der Waals surface area contributed by atoms with Gasteiger partial charge in [-0.1, -0.05) is 54.0 Å². The third kappa shape index (κ3) is 2.77. The van der Waals surface area contributed by atoms with Gasteiger partial charge in [0, 0.05) is 23.2 Å². The second-order valence-corrected chi connectivity index (χ2v) is 14.6. The molecule has 3 heteroatoms. The molecule has 4 saturated carbocycles. The van der Waals surface area contributed by atoms with Gasteiger partial charge in [-0.15, -0.1) is 0 Å². The van der Waals surface area contributed by atoms with Crippen LogP contribution in [0.1, 0.15) is 106 Å². The molecule has 0 unspecified atom stereocenters.